The molecular weight excluding hydrogens is 232 g/mol. The van der Waals surface area contributed by atoms with Gasteiger partial charge in [-0.1, -0.05) is 12.2 Å². The highest BCUT2D eigenvalue weighted by Gasteiger charge is 2.46. The van der Waals surface area contributed by atoms with Crippen molar-refractivity contribution in [2.45, 2.75) is 12.8 Å². The molecule has 0 amide bonds. The smallest absolute Gasteiger partial charge is 0.174 e. The first kappa shape index (κ1) is 11.0. The van der Waals surface area contributed by atoms with E-state index in [-0.39, 0.29) is 47.1 Å². The van der Waals surface area contributed by atoms with Crippen LogP contribution in [0.2, 0.25) is 0 Å². The molecule has 0 N–H and O–H groups in total. The van der Waals surface area contributed by atoms with E-state index in [1.807, 2.05) is 0 Å². The van der Waals surface area contributed by atoms with E-state index in [1.165, 1.54) is 12.2 Å². The summed E-state index contributed by atoms with van der Waals surface area (Å²) in [7, 11) is 0. The van der Waals surface area contributed by atoms with E-state index in [0.717, 1.165) is 0 Å². The van der Waals surface area contributed by atoms with Crippen molar-refractivity contribution < 1.29 is 19.2 Å². The summed E-state index contributed by atoms with van der Waals surface area (Å²) in [4.78, 5) is 47.6. The van der Waals surface area contributed by atoms with Gasteiger partial charge in [0.1, 0.15) is 5.78 Å². The summed E-state index contributed by atoms with van der Waals surface area (Å²) in [5, 5.41) is 0. The van der Waals surface area contributed by atoms with Gasteiger partial charge in [-0.25, -0.2) is 0 Å². The molecule has 3 aliphatic carbocycles. The van der Waals surface area contributed by atoms with Crippen LogP contribution in [0.5, 0.6) is 0 Å². The maximum atomic E-state index is 12.2. The van der Waals surface area contributed by atoms with Crippen molar-refractivity contribution in [2.24, 2.45) is 11.8 Å². The van der Waals surface area contributed by atoms with Crippen molar-refractivity contribution in [3.63, 3.8) is 0 Å². The van der Waals surface area contributed by atoms with Crippen molar-refractivity contribution in [2.75, 3.05) is 0 Å². The molecule has 0 fully saturated rings. The molecular formula is C14H10O4. The first-order valence-electron chi connectivity index (χ1n) is 5.81. The Kier molecular flexibility index (Phi) is 2.26. The Labute approximate surface area is 103 Å². The van der Waals surface area contributed by atoms with Gasteiger partial charge in [-0.2, -0.15) is 0 Å². The molecule has 0 bridgehead atoms. The number of fused-ring (bicyclic) bond motifs is 1. The summed E-state index contributed by atoms with van der Waals surface area (Å²) >= 11 is 0. The molecule has 2 atom stereocenters. The fourth-order valence-corrected chi connectivity index (χ4v) is 2.74. The van der Waals surface area contributed by atoms with Crippen LogP contribution >= 0.6 is 0 Å². The highest BCUT2D eigenvalue weighted by molar-refractivity contribution is 6.25. The number of hydrogen-bond donors (Lipinski definition) is 0. The maximum absolute atomic E-state index is 12.2. The van der Waals surface area contributed by atoms with E-state index >= 15 is 0 Å². The highest BCUT2D eigenvalue weighted by atomic mass is 16.2. The van der Waals surface area contributed by atoms with Gasteiger partial charge in [0.25, 0.3) is 0 Å². The summed E-state index contributed by atoms with van der Waals surface area (Å²) in [6, 6.07) is 0. The summed E-state index contributed by atoms with van der Waals surface area (Å²) < 4.78 is 0. The Bertz CT molecular complexity index is 589. The van der Waals surface area contributed by atoms with Gasteiger partial charge >= 0.3 is 0 Å². The minimum Gasteiger partial charge on any atom is -0.298 e. The van der Waals surface area contributed by atoms with Gasteiger partial charge in [0.2, 0.25) is 0 Å². The monoisotopic (exact) mass is 242 g/mol. The van der Waals surface area contributed by atoms with Crippen LogP contribution < -0.4 is 0 Å². The second kappa shape index (κ2) is 3.70. The number of allylic oxidation sites excluding steroid dienone is 6. The Morgan fingerprint density at radius 2 is 1.78 bits per heavy atom. The molecule has 0 aliphatic heterocycles. The second-order valence-corrected chi connectivity index (χ2v) is 4.70. The van der Waals surface area contributed by atoms with E-state index in [9.17, 15) is 19.2 Å². The van der Waals surface area contributed by atoms with Gasteiger partial charge in [0, 0.05) is 24.0 Å². The van der Waals surface area contributed by atoms with E-state index in [1.54, 1.807) is 12.2 Å². The number of carbonyl (C=O) groups excluding carboxylic acids is 4. The summed E-state index contributed by atoms with van der Waals surface area (Å²) in [6.07, 6.45) is 6.10. The maximum Gasteiger partial charge on any atom is 0.174 e. The highest BCUT2D eigenvalue weighted by Crippen LogP contribution is 2.37. The lowest BCUT2D eigenvalue weighted by Crippen LogP contribution is -2.43. The molecule has 0 aromatic carbocycles. The first-order chi connectivity index (χ1) is 8.59. The lowest BCUT2D eigenvalue weighted by atomic mass is 9.67. The molecule has 0 saturated heterocycles. The Morgan fingerprint density at radius 1 is 1.00 bits per heavy atom. The molecule has 3 rings (SSSR count). The molecule has 0 heterocycles. The number of hydrogen-bond acceptors (Lipinski definition) is 4. The van der Waals surface area contributed by atoms with E-state index in [0.29, 0.717) is 0 Å². The van der Waals surface area contributed by atoms with Crippen LogP contribution in [0.25, 0.3) is 0 Å². The van der Waals surface area contributed by atoms with Gasteiger partial charge < -0.3 is 0 Å². The second-order valence-electron chi connectivity index (χ2n) is 4.70. The van der Waals surface area contributed by atoms with Crippen LogP contribution in [-0.4, -0.2) is 23.1 Å². The first-order valence-corrected chi connectivity index (χ1v) is 5.81. The van der Waals surface area contributed by atoms with Gasteiger partial charge in [-0.3, -0.25) is 19.2 Å². The van der Waals surface area contributed by atoms with Gasteiger partial charge in [-0.05, 0) is 12.2 Å². The largest absolute Gasteiger partial charge is 0.298 e. The SMILES string of the molecule is O=C1C=CC2=C(C1)C(=O)C1C=CCC(=O)C1C2=O. The zero-order valence-electron chi connectivity index (χ0n) is 9.51. The molecule has 90 valence electrons. The molecule has 0 spiro atoms. The Balaban J connectivity index is 2.14. The third-order valence-corrected chi connectivity index (χ3v) is 3.63. The fraction of sp³-hybridized carbons (Fsp3) is 0.286. The zero-order chi connectivity index (χ0) is 12.9. The topological polar surface area (TPSA) is 68.3 Å². The van der Waals surface area contributed by atoms with Crippen molar-refractivity contribution in [1.29, 1.82) is 0 Å². The Morgan fingerprint density at radius 3 is 2.56 bits per heavy atom. The van der Waals surface area contributed by atoms with E-state index in [2.05, 4.69) is 0 Å². The van der Waals surface area contributed by atoms with E-state index < -0.39 is 11.8 Å². The molecule has 0 saturated carbocycles. The van der Waals surface area contributed by atoms with Crippen LogP contribution in [0.3, 0.4) is 0 Å². The van der Waals surface area contributed by atoms with E-state index in [4.69, 9.17) is 0 Å². The molecule has 18 heavy (non-hydrogen) atoms. The number of Topliss-reactive ketones (excluding diaryl/α,β-unsaturated/α-hetero) is 3. The predicted molar refractivity (Wildman–Crippen MR) is 61.5 cm³/mol. The van der Waals surface area contributed by atoms with Crippen LogP contribution in [0.4, 0.5) is 0 Å². The van der Waals surface area contributed by atoms with Crippen LogP contribution in [0.15, 0.2) is 35.5 Å². The fourth-order valence-electron chi connectivity index (χ4n) is 2.74. The minimum atomic E-state index is -0.876. The molecule has 4 nitrogen and oxygen atoms in total. The number of carbonyl (C=O) groups is 4. The van der Waals surface area contributed by atoms with Gasteiger partial charge in [0.05, 0.1) is 11.8 Å². The van der Waals surface area contributed by atoms with Crippen molar-refractivity contribution in [1.82, 2.24) is 0 Å². The van der Waals surface area contributed by atoms with Crippen molar-refractivity contribution in [3.05, 3.63) is 35.5 Å². The average Bonchev–Trinajstić information content (AvgIpc) is 2.35. The molecule has 4 heteroatoms. The third kappa shape index (κ3) is 1.38. The zero-order valence-corrected chi connectivity index (χ0v) is 9.51. The molecule has 0 aromatic rings. The van der Waals surface area contributed by atoms with Gasteiger partial charge in [-0.15, -0.1) is 0 Å². The van der Waals surface area contributed by atoms with Crippen molar-refractivity contribution >= 4 is 23.1 Å². The lowest BCUT2D eigenvalue weighted by Gasteiger charge is -2.31. The summed E-state index contributed by atoms with van der Waals surface area (Å²) in [5.41, 5.74) is 0.526. The minimum absolute atomic E-state index is 0.0261. The van der Waals surface area contributed by atoms with Crippen molar-refractivity contribution in [3.8, 4) is 0 Å². The third-order valence-electron chi connectivity index (χ3n) is 3.63. The van der Waals surface area contributed by atoms with Crippen LogP contribution in [0, 0.1) is 11.8 Å². The predicted octanol–water partition coefficient (Wildman–Crippen LogP) is 0.725. The normalized spacial score (nSPS) is 30.7. The lowest BCUT2D eigenvalue weighted by molar-refractivity contribution is -0.137. The molecule has 0 radical (unpaired) electrons. The van der Waals surface area contributed by atoms with Crippen LogP contribution in [0.1, 0.15) is 12.8 Å². The number of ketones is 4. The standard InChI is InChI=1S/C14H10O4/c15-7-4-5-8-10(6-7)13(17)9-2-1-3-11(16)12(9)14(8)18/h1-2,4-5,9,12H,3,6H2. The molecule has 2 unspecified atom stereocenters. The summed E-state index contributed by atoms with van der Waals surface area (Å²) in [6.45, 7) is 0. The average molecular weight is 242 g/mol. The Hall–Kier alpha value is -2.10. The quantitative estimate of drug-likeness (QED) is 0.463. The molecule has 3 aliphatic rings. The molecule has 0 aromatic heterocycles. The van der Waals surface area contributed by atoms with Gasteiger partial charge in [0.15, 0.2) is 17.3 Å². The number of rotatable bonds is 0. The van der Waals surface area contributed by atoms with Crippen LogP contribution in [-0.2, 0) is 19.2 Å². The summed E-state index contributed by atoms with van der Waals surface area (Å²) in [5.74, 6) is -2.53.